The summed E-state index contributed by atoms with van der Waals surface area (Å²) in [6.45, 7) is 0.641. The second-order valence-electron chi connectivity index (χ2n) is 5.64. The number of carbonyl (C=O) groups is 1. The second kappa shape index (κ2) is 5.15. The molecule has 1 aromatic rings. The number of aryl methyl sites for hydroxylation is 1. The van der Waals surface area contributed by atoms with Crippen LogP contribution in [0.4, 0.5) is 0 Å². The lowest BCUT2D eigenvalue weighted by Gasteiger charge is -2.17. The standard InChI is InChI=1S/C14H20N4O/c1-18-13(16-9-17-18)4-5-15-14(19)8-12-7-10-2-3-11(12)6-10/h2-3,9-12H,4-8H2,1H3,(H,15,19)/t10-,11+,12+/m1/s1. The molecule has 2 bridgehead atoms. The van der Waals surface area contributed by atoms with Crippen LogP contribution in [0.15, 0.2) is 18.5 Å². The van der Waals surface area contributed by atoms with Gasteiger partial charge in [0.15, 0.2) is 0 Å². The first-order valence-electron chi connectivity index (χ1n) is 7.00. The van der Waals surface area contributed by atoms with Crippen molar-refractivity contribution in [2.45, 2.75) is 25.7 Å². The summed E-state index contributed by atoms with van der Waals surface area (Å²) in [5, 5.41) is 7.00. The molecule has 0 radical (unpaired) electrons. The first-order valence-corrected chi connectivity index (χ1v) is 7.00. The summed E-state index contributed by atoms with van der Waals surface area (Å²) >= 11 is 0. The van der Waals surface area contributed by atoms with Gasteiger partial charge in [-0.25, -0.2) is 4.98 Å². The van der Waals surface area contributed by atoms with Crippen molar-refractivity contribution >= 4 is 5.91 Å². The zero-order chi connectivity index (χ0) is 13.2. The fraction of sp³-hybridized carbons (Fsp3) is 0.643. The molecular weight excluding hydrogens is 240 g/mol. The van der Waals surface area contributed by atoms with Crippen molar-refractivity contribution in [3.05, 3.63) is 24.3 Å². The number of nitrogens with one attached hydrogen (secondary N) is 1. The number of hydrogen-bond acceptors (Lipinski definition) is 3. The molecule has 3 rings (SSSR count). The van der Waals surface area contributed by atoms with Crippen molar-refractivity contribution in [1.29, 1.82) is 0 Å². The van der Waals surface area contributed by atoms with Gasteiger partial charge in [0, 0.05) is 26.4 Å². The smallest absolute Gasteiger partial charge is 0.220 e. The summed E-state index contributed by atoms with van der Waals surface area (Å²) in [5.41, 5.74) is 0. The molecule has 1 heterocycles. The van der Waals surface area contributed by atoms with Crippen LogP contribution in [0.25, 0.3) is 0 Å². The third kappa shape index (κ3) is 2.69. The molecule has 0 aliphatic heterocycles. The number of aromatic nitrogens is 3. The molecule has 0 saturated heterocycles. The average molecular weight is 260 g/mol. The van der Waals surface area contributed by atoms with E-state index in [9.17, 15) is 4.79 Å². The Labute approximate surface area is 113 Å². The molecule has 3 atom stereocenters. The van der Waals surface area contributed by atoms with Gasteiger partial charge in [0.25, 0.3) is 0 Å². The molecule has 0 unspecified atom stereocenters. The van der Waals surface area contributed by atoms with E-state index in [1.807, 2.05) is 7.05 Å². The summed E-state index contributed by atoms with van der Waals surface area (Å²) in [6.07, 6.45) is 10.0. The highest BCUT2D eigenvalue weighted by molar-refractivity contribution is 5.76. The first-order chi connectivity index (χ1) is 9.22. The van der Waals surface area contributed by atoms with Crippen molar-refractivity contribution < 1.29 is 4.79 Å². The van der Waals surface area contributed by atoms with Gasteiger partial charge in [-0.2, -0.15) is 5.10 Å². The molecule has 0 spiro atoms. The Balaban J connectivity index is 1.40. The number of nitrogens with zero attached hydrogens (tertiary/aromatic N) is 3. The summed E-state index contributed by atoms with van der Waals surface area (Å²) in [6, 6.07) is 0. The molecule has 19 heavy (non-hydrogen) atoms. The largest absolute Gasteiger partial charge is 0.356 e. The Bertz CT molecular complexity index is 493. The summed E-state index contributed by atoms with van der Waals surface area (Å²) in [7, 11) is 1.87. The zero-order valence-electron chi connectivity index (χ0n) is 11.2. The maximum Gasteiger partial charge on any atom is 0.220 e. The summed E-state index contributed by atoms with van der Waals surface area (Å²) < 4.78 is 1.74. The number of allylic oxidation sites excluding steroid dienone is 2. The van der Waals surface area contributed by atoms with Crippen molar-refractivity contribution in [1.82, 2.24) is 20.1 Å². The van der Waals surface area contributed by atoms with E-state index in [4.69, 9.17) is 0 Å². The summed E-state index contributed by atoms with van der Waals surface area (Å²) in [4.78, 5) is 16.0. The van der Waals surface area contributed by atoms with E-state index < -0.39 is 0 Å². The van der Waals surface area contributed by atoms with E-state index in [1.54, 1.807) is 11.0 Å². The number of hydrogen-bond donors (Lipinski definition) is 1. The van der Waals surface area contributed by atoms with Gasteiger partial charge in [0.1, 0.15) is 12.2 Å². The van der Waals surface area contributed by atoms with E-state index in [-0.39, 0.29) is 5.91 Å². The van der Waals surface area contributed by atoms with Gasteiger partial charge in [-0.05, 0) is 30.6 Å². The number of carbonyl (C=O) groups excluding carboxylic acids is 1. The van der Waals surface area contributed by atoms with Crippen LogP contribution in [0.2, 0.25) is 0 Å². The lowest BCUT2D eigenvalue weighted by atomic mass is 9.90. The minimum atomic E-state index is 0.174. The number of rotatable bonds is 5. The highest BCUT2D eigenvalue weighted by atomic mass is 16.1. The number of amides is 1. The Hall–Kier alpha value is -1.65. The molecule has 5 heteroatoms. The maximum atomic E-state index is 11.9. The van der Waals surface area contributed by atoms with Crippen LogP contribution in [0.1, 0.15) is 25.1 Å². The average Bonchev–Trinajstić information content (AvgIpc) is 3.07. The third-order valence-corrected chi connectivity index (χ3v) is 4.34. The van der Waals surface area contributed by atoms with Crippen molar-refractivity contribution in [3.8, 4) is 0 Å². The molecule has 2 aliphatic rings. The topological polar surface area (TPSA) is 59.8 Å². The molecule has 1 saturated carbocycles. The fourth-order valence-electron chi connectivity index (χ4n) is 3.30. The van der Waals surface area contributed by atoms with Crippen LogP contribution in [0.5, 0.6) is 0 Å². The lowest BCUT2D eigenvalue weighted by molar-refractivity contribution is -0.122. The minimum absolute atomic E-state index is 0.174. The van der Waals surface area contributed by atoms with E-state index in [1.165, 1.54) is 12.8 Å². The van der Waals surface area contributed by atoms with Crippen molar-refractivity contribution in [2.24, 2.45) is 24.8 Å². The molecule has 1 amide bonds. The molecule has 102 valence electrons. The van der Waals surface area contributed by atoms with Crippen LogP contribution < -0.4 is 5.32 Å². The van der Waals surface area contributed by atoms with E-state index in [0.717, 1.165) is 18.2 Å². The Morgan fingerprint density at radius 3 is 3.00 bits per heavy atom. The van der Waals surface area contributed by atoms with Gasteiger partial charge < -0.3 is 5.32 Å². The van der Waals surface area contributed by atoms with Gasteiger partial charge in [-0.1, -0.05) is 12.2 Å². The van der Waals surface area contributed by atoms with Crippen molar-refractivity contribution in [3.63, 3.8) is 0 Å². The Morgan fingerprint density at radius 1 is 1.47 bits per heavy atom. The normalized spacial score (nSPS) is 27.9. The second-order valence-corrected chi connectivity index (χ2v) is 5.64. The van der Waals surface area contributed by atoms with Gasteiger partial charge in [0.2, 0.25) is 5.91 Å². The van der Waals surface area contributed by atoms with Crippen LogP contribution in [0.3, 0.4) is 0 Å². The zero-order valence-corrected chi connectivity index (χ0v) is 11.2. The maximum absolute atomic E-state index is 11.9. The third-order valence-electron chi connectivity index (χ3n) is 4.34. The molecular formula is C14H20N4O. The molecule has 1 fully saturated rings. The first kappa shape index (κ1) is 12.4. The van der Waals surface area contributed by atoms with Crippen LogP contribution in [-0.2, 0) is 18.3 Å². The highest BCUT2D eigenvalue weighted by Crippen LogP contribution is 2.44. The predicted octanol–water partition coefficient (Wildman–Crippen LogP) is 1.08. The predicted molar refractivity (Wildman–Crippen MR) is 71.2 cm³/mol. The SMILES string of the molecule is Cn1ncnc1CCNC(=O)C[C@@H]1C[C@@H]2C=C[C@H]1C2. The van der Waals surface area contributed by atoms with E-state index >= 15 is 0 Å². The molecule has 1 N–H and O–H groups in total. The van der Waals surface area contributed by atoms with Gasteiger partial charge in [0.05, 0.1) is 0 Å². The number of fused-ring (bicyclic) bond motifs is 2. The lowest BCUT2D eigenvalue weighted by Crippen LogP contribution is -2.29. The van der Waals surface area contributed by atoms with Gasteiger partial charge >= 0.3 is 0 Å². The fourth-order valence-corrected chi connectivity index (χ4v) is 3.30. The van der Waals surface area contributed by atoms with Gasteiger partial charge in [-0.3, -0.25) is 9.48 Å². The monoisotopic (exact) mass is 260 g/mol. The molecule has 2 aliphatic carbocycles. The van der Waals surface area contributed by atoms with Gasteiger partial charge in [-0.15, -0.1) is 0 Å². The summed E-state index contributed by atoms with van der Waals surface area (Å²) in [5.74, 6) is 3.03. The van der Waals surface area contributed by atoms with E-state index in [0.29, 0.717) is 24.8 Å². The van der Waals surface area contributed by atoms with Crippen LogP contribution in [-0.4, -0.2) is 27.2 Å². The Kier molecular flexibility index (Phi) is 3.36. The molecule has 5 nitrogen and oxygen atoms in total. The van der Waals surface area contributed by atoms with Crippen molar-refractivity contribution in [2.75, 3.05) is 6.54 Å². The minimum Gasteiger partial charge on any atom is -0.356 e. The van der Waals surface area contributed by atoms with E-state index in [2.05, 4.69) is 27.6 Å². The van der Waals surface area contributed by atoms with Crippen LogP contribution >= 0.6 is 0 Å². The molecule has 0 aromatic carbocycles. The quantitative estimate of drug-likeness (QED) is 0.806. The van der Waals surface area contributed by atoms with Crippen LogP contribution in [0, 0.1) is 17.8 Å². The Morgan fingerprint density at radius 2 is 2.37 bits per heavy atom. The molecule has 1 aromatic heterocycles. The highest BCUT2D eigenvalue weighted by Gasteiger charge is 2.36.